The quantitative estimate of drug-likeness (QED) is 0.241. The fourth-order valence-corrected chi connectivity index (χ4v) is 4.32. The van der Waals surface area contributed by atoms with Crippen LogP contribution >= 0.6 is 11.8 Å². The molecule has 1 aliphatic rings. The topological polar surface area (TPSA) is 128 Å². The van der Waals surface area contributed by atoms with Crippen LogP contribution in [0.3, 0.4) is 0 Å². The van der Waals surface area contributed by atoms with Crippen LogP contribution in [0.4, 0.5) is 16.2 Å². The van der Waals surface area contributed by atoms with Gasteiger partial charge in [0.1, 0.15) is 0 Å². The molecule has 1 N–H and O–H groups in total. The van der Waals surface area contributed by atoms with Gasteiger partial charge < -0.3 is 14.8 Å². The first-order valence-corrected chi connectivity index (χ1v) is 11.8. The molecule has 0 atom stereocenters. The molecule has 0 saturated carbocycles. The van der Waals surface area contributed by atoms with Crippen molar-refractivity contribution in [2.24, 2.45) is 0 Å². The third-order valence-corrected chi connectivity index (χ3v) is 6.15. The van der Waals surface area contributed by atoms with Crippen LogP contribution in [-0.2, 0) is 16.1 Å². The average Bonchev–Trinajstić information content (AvgIpc) is 3.15. The zero-order valence-electron chi connectivity index (χ0n) is 19.6. The predicted octanol–water partition coefficient (Wildman–Crippen LogP) is 4.86. The summed E-state index contributed by atoms with van der Waals surface area (Å²) in [7, 11) is 1.43. The number of rotatable bonds is 9. The molecule has 3 amide bonds. The normalized spacial score (nSPS) is 14.1. The van der Waals surface area contributed by atoms with E-state index in [2.05, 4.69) is 5.32 Å². The Balaban J connectivity index is 1.41. The van der Waals surface area contributed by atoms with Gasteiger partial charge in [-0.25, -0.2) is 0 Å². The Bertz CT molecular complexity index is 1390. The first-order valence-electron chi connectivity index (χ1n) is 11.0. The smallest absolute Gasteiger partial charge is 0.293 e. The van der Waals surface area contributed by atoms with Crippen LogP contribution in [0.5, 0.6) is 11.5 Å². The zero-order valence-corrected chi connectivity index (χ0v) is 20.4. The zero-order chi connectivity index (χ0) is 26.4. The number of hydrogen-bond donors (Lipinski definition) is 1. The summed E-state index contributed by atoms with van der Waals surface area (Å²) >= 11 is 0.863. The molecule has 11 heteroatoms. The Kier molecular flexibility index (Phi) is 7.84. The highest BCUT2D eigenvalue weighted by molar-refractivity contribution is 8.18. The van der Waals surface area contributed by atoms with Crippen molar-refractivity contribution in [3.63, 3.8) is 0 Å². The standard InChI is InChI=1S/C26H21N3O7S/c1-35-22-12-18(13-23-25(31)28(26(32)37-23)15-17-6-3-2-4-7-17)10-11-21(22)36-16-24(30)27-19-8-5-9-20(14-19)29(33)34/h2-14H,15-16H2,1H3,(H,27,30)/b23-13-. The molecule has 0 unspecified atom stereocenters. The number of benzene rings is 3. The van der Waals surface area contributed by atoms with Crippen LogP contribution in [0, 0.1) is 10.1 Å². The van der Waals surface area contributed by atoms with Gasteiger partial charge in [-0.3, -0.25) is 29.4 Å². The molecule has 0 aliphatic carbocycles. The van der Waals surface area contributed by atoms with Gasteiger partial charge in [-0.15, -0.1) is 0 Å². The molecular formula is C26H21N3O7S. The number of thioether (sulfide) groups is 1. The van der Waals surface area contributed by atoms with Crippen molar-refractivity contribution in [2.45, 2.75) is 6.54 Å². The van der Waals surface area contributed by atoms with Gasteiger partial charge in [0, 0.05) is 17.8 Å². The molecule has 1 aliphatic heterocycles. The van der Waals surface area contributed by atoms with E-state index in [0.717, 1.165) is 17.3 Å². The molecule has 0 aromatic heterocycles. The first kappa shape index (κ1) is 25.5. The molecule has 0 bridgehead atoms. The number of carbonyl (C=O) groups excluding carboxylic acids is 3. The fraction of sp³-hybridized carbons (Fsp3) is 0.115. The van der Waals surface area contributed by atoms with Crippen LogP contribution in [0.1, 0.15) is 11.1 Å². The fourth-order valence-electron chi connectivity index (χ4n) is 3.48. The summed E-state index contributed by atoms with van der Waals surface area (Å²) in [6.45, 7) is -0.173. The minimum atomic E-state index is -0.553. The van der Waals surface area contributed by atoms with Gasteiger partial charge >= 0.3 is 0 Å². The lowest BCUT2D eigenvalue weighted by Gasteiger charge is -2.12. The van der Waals surface area contributed by atoms with Crippen LogP contribution in [0.15, 0.2) is 77.7 Å². The van der Waals surface area contributed by atoms with E-state index < -0.39 is 10.8 Å². The average molecular weight is 520 g/mol. The second-order valence-corrected chi connectivity index (χ2v) is 8.80. The van der Waals surface area contributed by atoms with Gasteiger partial charge in [0.25, 0.3) is 22.7 Å². The van der Waals surface area contributed by atoms with Crippen LogP contribution in [0.2, 0.25) is 0 Å². The maximum absolute atomic E-state index is 12.8. The summed E-state index contributed by atoms with van der Waals surface area (Å²) in [5.41, 5.74) is 1.58. The lowest BCUT2D eigenvalue weighted by atomic mass is 10.1. The minimum absolute atomic E-state index is 0.145. The highest BCUT2D eigenvalue weighted by Gasteiger charge is 2.35. The highest BCUT2D eigenvalue weighted by atomic mass is 32.2. The van der Waals surface area contributed by atoms with Crippen LogP contribution in [-0.4, -0.2) is 40.6 Å². The maximum Gasteiger partial charge on any atom is 0.293 e. The molecule has 4 rings (SSSR count). The van der Waals surface area contributed by atoms with E-state index in [1.165, 1.54) is 36.3 Å². The van der Waals surface area contributed by atoms with Crippen LogP contribution in [0.25, 0.3) is 6.08 Å². The van der Waals surface area contributed by atoms with Crippen molar-refractivity contribution in [2.75, 3.05) is 19.0 Å². The number of carbonyl (C=O) groups is 3. The molecule has 1 saturated heterocycles. The number of nitrogens with one attached hydrogen (secondary N) is 1. The summed E-state index contributed by atoms with van der Waals surface area (Å²) in [5, 5.41) is 13.1. The second kappa shape index (κ2) is 11.4. The molecular weight excluding hydrogens is 498 g/mol. The maximum atomic E-state index is 12.8. The number of nitro benzene ring substituents is 1. The largest absolute Gasteiger partial charge is 0.493 e. The van der Waals surface area contributed by atoms with Crippen molar-refractivity contribution >= 4 is 46.3 Å². The second-order valence-electron chi connectivity index (χ2n) is 7.81. The van der Waals surface area contributed by atoms with Gasteiger partial charge in [-0.1, -0.05) is 42.5 Å². The molecule has 0 spiro atoms. The van der Waals surface area contributed by atoms with Gasteiger partial charge in [0.15, 0.2) is 18.1 Å². The van der Waals surface area contributed by atoms with Crippen molar-refractivity contribution in [3.8, 4) is 11.5 Å². The van der Waals surface area contributed by atoms with Crippen molar-refractivity contribution < 1.29 is 28.8 Å². The molecule has 3 aromatic rings. The molecule has 10 nitrogen and oxygen atoms in total. The van der Waals surface area contributed by atoms with E-state index in [4.69, 9.17) is 9.47 Å². The summed E-state index contributed by atoms with van der Waals surface area (Å²) in [5.74, 6) is -0.291. The van der Waals surface area contributed by atoms with E-state index in [-0.39, 0.29) is 46.3 Å². The number of non-ortho nitro benzene ring substituents is 1. The monoisotopic (exact) mass is 519 g/mol. The number of imide groups is 1. The minimum Gasteiger partial charge on any atom is -0.493 e. The molecule has 0 radical (unpaired) electrons. The first-order chi connectivity index (χ1) is 17.8. The van der Waals surface area contributed by atoms with E-state index in [9.17, 15) is 24.5 Å². The van der Waals surface area contributed by atoms with Gasteiger partial charge in [-0.2, -0.15) is 0 Å². The number of methoxy groups -OCH3 is 1. The van der Waals surface area contributed by atoms with E-state index in [1.54, 1.807) is 24.3 Å². The summed E-state index contributed by atoms with van der Waals surface area (Å²) in [6.07, 6.45) is 1.59. The molecule has 3 aromatic carbocycles. The van der Waals surface area contributed by atoms with E-state index in [1.807, 2.05) is 30.3 Å². The van der Waals surface area contributed by atoms with Crippen molar-refractivity contribution in [3.05, 3.63) is 98.9 Å². The van der Waals surface area contributed by atoms with Crippen molar-refractivity contribution in [1.29, 1.82) is 0 Å². The number of amides is 3. The summed E-state index contributed by atoms with van der Waals surface area (Å²) in [4.78, 5) is 49.3. The Labute approximate surface area is 216 Å². The summed E-state index contributed by atoms with van der Waals surface area (Å²) < 4.78 is 10.9. The number of hydrogen-bond acceptors (Lipinski definition) is 8. The summed E-state index contributed by atoms with van der Waals surface area (Å²) in [6, 6.07) is 19.7. The Hall–Kier alpha value is -4.64. The third kappa shape index (κ3) is 6.33. The lowest BCUT2D eigenvalue weighted by Crippen LogP contribution is -2.27. The SMILES string of the molecule is COc1cc(/C=C2\SC(=O)N(Cc3ccccc3)C2=O)ccc1OCC(=O)Nc1cccc([N+](=O)[O-])c1. The van der Waals surface area contributed by atoms with Crippen LogP contribution < -0.4 is 14.8 Å². The molecule has 1 heterocycles. The van der Waals surface area contributed by atoms with E-state index >= 15 is 0 Å². The predicted molar refractivity (Wildman–Crippen MR) is 138 cm³/mol. The Morgan fingerprint density at radius 1 is 1.05 bits per heavy atom. The van der Waals surface area contributed by atoms with E-state index in [0.29, 0.717) is 11.3 Å². The Morgan fingerprint density at radius 3 is 2.57 bits per heavy atom. The van der Waals surface area contributed by atoms with Gasteiger partial charge in [-0.05, 0) is 47.2 Å². The lowest BCUT2D eigenvalue weighted by molar-refractivity contribution is -0.384. The number of anilines is 1. The third-order valence-electron chi connectivity index (χ3n) is 5.24. The van der Waals surface area contributed by atoms with Gasteiger partial charge in [0.05, 0.1) is 23.5 Å². The molecule has 188 valence electrons. The molecule has 37 heavy (non-hydrogen) atoms. The van der Waals surface area contributed by atoms with Crippen molar-refractivity contribution in [1.82, 2.24) is 4.90 Å². The van der Waals surface area contributed by atoms with Gasteiger partial charge in [0.2, 0.25) is 0 Å². The number of nitro groups is 1. The Morgan fingerprint density at radius 2 is 1.84 bits per heavy atom. The molecule has 1 fully saturated rings. The number of nitrogens with zero attached hydrogens (tertiary/aromatic N) is 2. The highest BCUT2D eigenvalue weighted by Crippen LogP contribution is 2.35. The number of ether oxygens (including phenoxy) is 2.